The van der Waals surface area contributed by atoms with E-state index in [-0.39, 0.29) is 0 Å². The Morgan fingerprint density at radius 2 is 2.20 bits per heavy atom. The van der Waals surface area contributed by atoms with E-state index >= 15 is 0 Å². The summed E-state index contributed by atoms with van der Waals surface area (Å²) >= 11 is 0. The molecule has 1 aromatic heterocycles. The van der Waals surface area contributed by atoms with Crippen molar-refractivity contribution >= 4 is 5.84 Å². The van der Waals surface area contributed by atoms with Gasteiger partial charge in [-0.25, -0.2) is 0 Å². The number of nitrogens with zero attached hydrogens (tertiary/aromatic N) is 3. The van der Waals surface area contributed by atoms with Crippen molar-refractivity contribution in [2.24, 2.45) is 10.7 Å². The summed E-state index contributed by atoms with van der Waals surface area (Å²) in [6.45, 7) is 1.04. The van der Waals surface area contributed by atoms with Crippen molar-refractivity contribution in [3.05, 3.63) is 17.8 Å². The molecule has 1 rings (SSSR count). The molecule has 0 aliphatic heterocycles. The van der Waals surface area contributed by atoms with Gasteiger partial charge in [-0.3, -0.25) is 4.99 Å². The van der Waals surface area contributed by atoms with Crippen LogP contribution in [-0.2, 0) is 4.74 Å². The molecule has 1 heterocycles. The van der Waals surface area contributed by atoms with Crippen LogP contribution in [0.3, 0.4) is 0 Å². The second kappa shape index (κ2) is 5.92. The number of nitrogens with two attached hydrogens (primary N) is 1. The first-order valence-electron chi connectivity index (χ1n) is 4.45. The summed E-state index contributed by atoms with van der Waals surface area (Å²) in [6.07, 6.45) is 0. The highest BCUT2D eigenvalue weighted by Gasteiger charge is 2.01. The zero-order valence-corrected chi connectivity index (χ0v) is 8.80. The average molecular weight is 210 g/mol. The van der Waals surface area contributed by atoms with Crippen LogP contribution in [0, 0.1) is 0 Å². The topological polar surface area (TPSA) is 82.6 Å². The minimum Gasteiger partial charge on any atom is -0.480 e. The second-order valence-corrected chi connectivity index (χ2v) is 2.72. The van der Waals surface area contributed by atoms with Gasteiger partial charge in [0.15, 0.2) is 0 Å². The van der Waals surface area contributed by atoms with Gasteiger partial charge in [-0.05, 0) is 6.07 Å². The van der Waals surface area contributed by atoms with Gasteiger partial charge >= 0.3 is 0 Å². The fraction of sp³-hybridized carbons (Fsp3) is 0.444. The number of aliphatic imine (C=N–C) groups is 1. The van der Waals surface area contributed by atoms with Crippen LogP contribution in [0.25, 0.3) is 0 Å². The van der Waals surface area contributed by atoms with Crippen LogP contribution < -0.4 is 10.5 Å². The summed E-state index contributed by atoms with van der Waals surface area (Å²) in [7, 11) is 3.14. The van der Waals surface area contributed by atoms with Crippen molar-refractivity contribution in [2.45, 2.75) is 0 Å². The Balaban J connectivity index is 2.65. The molecule has 0 aromatic carbocycles. The quantitative estimate of drug-likeness (QED) is 0.414. The predicted molar refractivity (Wildman–Crippen MR) is 56.1 cm³/mol. The molecular formula is C9H14N4O2. The third-order valence-corrected chi connectivity index (χ3v) is 1.69. The normalized spacial score (nSPS) is 11.5. The van der Waals surface area contributed by atoms with Crippen LogP contribution in [0.15, 0.2) is 17.1 Å². The molecule has 0 saturated carbocycles. The predicted octanol–water partition coefficient (Wildman–Crippen LogP) is -0.163. The highest BCUT2D eigenvalue weighted by molar-refractivity contribution is 5.95. The molecule has 0 fully saturated rings. The summed E-state index contributed by atoms with van der Waals surface area (Å²) in [5.41, 5.74) is 6.21. The van der Waals surface area contributed by atoms with Gasteiger partial charge in [0.05, 0.1) is 20.3 Å². The highest BCUT2D eigenvalue weighted by Crippen LogP contribution is 2.02. The lowest BCUT2D eigenvalue weighted by atomic mass is 10.3. The summed E-state index contributed by atoms with van der Waals surface area (Å²) in [5, 5.41) is 7.64. The summed E-state index contributed by atoms with van der Waals surface area (Å²) in [6, 6.07) is 3.39. The van der Waals surface area contributed by atoms with E-state index in [4.69, 9.17) is 15.2 Å². The number of amidine groups is 1. The van der Waals surface area contributed by atoms with Crippen molar-refractivity contribution in [3.63, 3.8) is 0 Å². The van der Waals surface area contributed by atoms with Gasteiger partial charge in [-0.1, -0.05) is 0 Å². The van der Waals surface area contributed by atoms with E-state index in [2.05, 4.69) is 15.2 Å². The maximum atomic E-state index is 5.68. The monoisotopic (exact) mass is 210 g/mol. The first kappa shape index (κ1) is 11.4. The van der Waals surface area contributed by atoms with Crippen LogP contribution in [0.5, 0.6) is 5.88 Å². The Morgan fingerprint density at radius 3 is 2.73 bits per heavy atom. The Kier molecular flexibility index (Phi) is 4.49. The molecule has 0 atom stereocenters. The minimum atomic E-state index is 0.349. The lowest BCUT2D eigenvalue weighted by Crippen LogP contribution is -2.17. The first-order chi connectivity index (χ1) is 7.27. The van der Waals surface area contributed by atoms with E-state index in [1.807, 2.05) is 0 Å². The SMILES string of the molecule is COCCN=C(N)c1ccc(OC)nn1. The number of aromatic nitrogens is 2. The number of hydrogen-bond acceptors (Lipinski definition) is 5. The Bertz CT molecular complexity index is 323. The number of rotatable bonds is 5. The zero-order chi connectivity index (χ0) is 11.1. The Hall–Kier alpha value is -1.69. The van der Waals surface area contributed by atoms with E-state index in [0.717, 1.165) is 0 Å². The number of ether oxygens (including phenoxy) is 2. The minimum absolute atomic E-state index is 0.349. The molecule has 0 bridgehead atoms. The third kappa shape index (κ3) is 3.51. The molecule has 15 heavy (non-hydrogen) atoms. The largest absolute Gasteiger partial charge is 0.480 e. The van der Waals surface area contributed by atoms with Gasteiger partial charge in [0.1, 0.15) is 11.5 Å². The molecule has 0 aliphatic carbocycles. The van der Waals surface area contributed by atoms with Gasteiger partial charge in [0.2, 0.25) is 5.88 Å². The Labute approximate surface area is 88.1 Å². The molecular weight excluding hydrogens is 196 g/mol. The smallest absolute Gasteiger partial charge is 0.233 e. The van der Waals surface area contributed by atoms with Crippen LogP contribution >= 0.6 is 0 Å². The third-order valence-electron chi connectivity index (χ3n) is 1.69. The van der Waals surface area contributed by atoms with Gasteiger partial charge in [0, 0.05) is 13.2 Å². The van der Waals surface area contributed by atoms with Crippen molar-refractivity contribution in [3.8, 4) is 5.88 Å². The van der Waals surface area contributed by atoms with Crippen molar-refractivity contribution in [1.82, 2.24) is 10.2 Å². The van der Waals surface area contributed by atoms with Crippen LogP contribution in [0.1, 0.15) is 5.69 Å². The molecule has 82 valence electrons. The standard InChI is InChI=1S/C9H14N4O2/c1-14-6-5-11-9(10)7-3-4-8(15-2)13-12-7/h3-4H,5-6H2,1-2H3,(H2,10,11). The van der Waals surface area contributed by atoms with Crippen molar-refractivity contribution in [1.29, 1.82) is 0 Å². The lowest BCUT2D eigenvalue weighted by molar-refractivity contribution is 0.208. The van der Waals surface area contributed by atoms with Gasteiger partial charge in [-0.15, -0.1) is 10.2 Å². The second-order valence-electron chi connectivity index (χ2n) is 2.72. The molecule has 0 amide bonds. The van der Waals surface area contributed by atoms with Crippen LogP contribution in [-0.4, -0.2) is 43.4 Å². The molecule has 0 radical (unpaired) electrons. The lowest BCUT2D eigenvalue weighted by Gasteiger charge is -2.00. The fourth-order valence-electron chi connectivity index (χ4n) is 0.904. The number of hydrogen-bond donors (Lipinski definition) is 1. The molecule has 6 nitrogen and oxygen atoms in total. The van der Waals surface area contributed by atoms with Gasteiger partial charge < -0.3 is 15.2 Å². The molecule has 0 saturated heterocycles. The molecule has 0 unspecified atom stereocenters. The van der Waals surface area contributed by atoms with E-state index in [1.165, 1.54) is 7.11 Å². The summed E-state index contributed by atoms with van der Waals surface area (Å²) in [4.78, 5) is 4.07. The van der Waals surface area contributed by atoms with Crippen LogP contribution in [0.2, 0.25) is 0 Å². The van der Waals surface area contributed by atoms with E-state index in [9.17, 15) is 0 Å². The zero-order valence-electron chi connectivity index (χ0n) is 8.80. The first-order valence-corrected chi connectivity index (χ1v) is 4.45. The molecule has 1 aromatic rings. The van der Waals surface area contributed by atoms with Crippen molar-refractivity contribution < 1.29 is 9.47 Å². The van der Waals surface area contributed by atoms with Gasteiger partial charge in [-0.2, -0.15) is 0 Å². The summed E-state index contributed by atoms with van der Waals surface area (Å²) in [5.74, 6) is 0.797. The maximum absolute atomic E-state index is 5.68. The number of methoxy groups -OCH3 is 2. The van der Waals surface area contributed by atoms with E-state index < -0.39 is 0 Å². The molecule has 2 N–H and O–H groups in total. The highest BCUT2D eigenvalue weighted by atomic mass is 16.5. The van der Waals surface area contributed by atoms with Gasteiger partial charge in [0.25, 0.3) is 0 Å². The fourth-order valence-corrected chi connectivity index (χ4v) is 0.904. The molecule has 6 heteroatoms. The van der Waals surface area contributed by atoms with Crippen LogP contribution in [0.4, 0.5) is 0 Å². The maximum Gasteiger partial charge on any atom is 0.233 e. The summed E-state index contributed by atoms with van der Waals surface area (Å²) < 4.78 is 9.72. The van der Waals surface area contributed by atoms with E-state index in [1.54, 1.807) is 19.2 Å². The molecule has 0 aliphatic rings. The average Bonchev–Trinajstić information content (AvgIpc) is 2.29. The van der Waals surface area contributed by atoms with E-state index in [0.29, 0.717) is 30.6 Å². The van der Waals surface area contributed by atoms with Crippen molar-refractivity contribution in [2.75, 3.05) is 27.4 Å². The Morgan fingerprint density at radius 1 is 1.40 bits per heavy atom. The molecule has 0 spiro atoms.